The molecule has 1 fully saturated rings. The van der Waals surface area contributed by atoms with E-state index in [4.69, 9.17) is 4.74 Å². The van der Waals surface area contributed by atoms with Gasteiger partial charge in [-0.1, -0.05) is 26.2 Å². The molecule has 0 spiro atoms. The maximum atomic E-state index is 10.7. The zero-order chi connectivity index (χ0) is 8.27. The molecule has 11 heavy (non-hydrogen) atoms. The summed E-state index contributed by atoms with van der Waals surface area (Å²) in [5.41, 5.74) is 0. The van der Waals surface area contributed by atoms with E-state index in [0.717, 1.165) is 6.42 Å². The highest BCUT2D eigenvalue weighted by Crippen LogP contribution is 2.27. The van der Waals surface area contributed by atoms with Gasteiger partial charge in [-0.2, -0.15) is 0 Å². The summed E-state index contributed by atoms with van der Waals surface area (Å²) in [6.45, 7) is 3.78. The van der Waals surface area contributed by atoms with Gasteiger partial charge in [0.1, 0.15) is 6.10 Å². The number of rotatable bonds is 5. The molecule has 0 aromatic carbocycles. The number of hydrogen-bond donors (Lipinski definition) is 0. The first-order valence-electron chi connectivity index (χ1n) is 4.41. The van der Waals surface area contributed by atoms with Gasteiger partial charge >= 0.3 is 0 Å². The quantitative estimate of drug-likeness (QED) is 0.449. The minimum atomic E-state index is -0.0492. The van der Waals surface area contributed by atoms with Gasteiger partial charge in [0.15, 0.2) is 5.78 Å². The van der Waals surface area contributed by atoms with E-state index in [1.54, 1.807) is 6.92 Å². The predicted octanol–water partition coefficient (Wildman–Crippen LogP) is 1.92. The van der Waals surface area contributed by atoms with E-state index >= 15 is 0 Å². The van der Waals surface area contributed by atoms with Crippen molar-refractivity contribution in [3.8, 4) is 0 Å². The molecule has 0 aromatic heterocycles. The average molecular weight is 156 g/mol. The van der Waals surface area contributed by atoms with Crippen molar-refractivity contribution in [2.75, 3.05) is 0 Å². The van der Waals surface area contributed by atoms with Crippen LogP contribution in [0.2, 0.25) is 0 Å². The molecule has 1 aliphatic rings. The molecule has 0 radical (unpaired) electrons. The Morgan fingerprint density at radius 2 is 2.18 bits per heavy atom. The maximum absolute atomic E-state index is 10.7. The van der Waals surface area contributed by atoms with Gasteiger partial charge in [0.2, 0.25) is 0 Å². The molecule has 0 amide bonds. The number of ketones is 1. The standard InChI is InChI=1S/C9H16O2/c1-3-4-5-6-8-9(11-8)7(2)10/h8-9H,3-6H2,1-2H3/t8-,9-/m0/s1. The smallest absolute Gasteiger partial charge is 0.161 e. The minimum absolute atomic E-state index is 0.0492. The van der Waals surface area contributed by atoms with Gasteiger partial charge in [-0.3, -0.25) is 4.79 Å². The van der Waals surface area contributed by atoms with Crippen LogP contribution in [-0.4, -0.2) is 18.0 Å². The Kier molecular flexibility index (Phi) is 3.06. The molecule has 2 atom stereocenters. The number of epoxide rings is 1. The summed E-state index contributed by atoms with van der Waals surface area (Å²) < 4.78 is 5.18. The van der Waals surface area contributed by atoms with Crippen molar-refractivity contribution in [1.29, 1.82) is 0 Å². The number of carbonyl (C=O) groups is 1. The number of unbranched alkanes of at least 4 members (excludes halogenated alkanes) is 2. The van der Waals surface area contributed by atoms with Crippen LogP contribution in [0, 0.1) is 0 Å². The van der Waals surface area contributed by atoms with Crippen molar-refractivity contribution < 1.29 is 9.53 Å². The van der Waals surface area contributed by atoms with E-state index in [1.807, 2.05) is 0 Å². The van der Waals surface area contributed by atoms with E-state index < -0.39 is 0 Å². The van der Waals surface area contributed by atoms with Crippen LogP contribution in [0.5, 0.6) is 0 Å². The first kappa shape index (κ1) is 8.72. The van der Waals surface area contributed by atoms with E-state index in [-0.39, 0.29) is 18.0 Å². The number of Topliss-reactive ketones (excluding diaryl/α,β-unsaturated/α-hetero) is 1. The topological polar surface area (TPSA) is 29.6 Å². The van der Waals surface area contributed by atoms with Gasteiger partial charge in [-0.25, -0.2) is 0 Å². The molecular weight excluding hydrogens is 140 g/mol. The Morgan fingerprint density at radius 3 is 2.64 bits per heavy atom. The summed E-state index contributed by atoms with van der Waals surface area (Å²) in [6, 6.07) is 0. The second-order valence-corrected chi connectivity index (χ2v) is 3.20. The highest BCUT2D eigenvalue weighted by atomic mass is 16.6. The molecule has 0 bridgehead atoms. The van der Waals surface area contributed by atoms with Crippen LogP contribution in [-0.2, 0) is 9.53 Å². The van der Waals surface area contributed by atoms with Crippen molar-refractivity contribution >= 4 is 5.78 Å². The zero-order valence-corrected chi connectivity index (χ0v) is 7.30. The van der Waals surface area contributed by atoms with Crippen molar-refractivity contribution in [2.45, 2.75) is 51.7 Å². The lowest BCUT2D eigenvalue weighted by Gasteiger charge is -1.92. The van der Waals surface area contributed by atoms with E-state index in [2.05, 4.69) is 6.92 Å². The first-order chi connectivity index (χ1) is 5.25. The number of ether oxygens (including phenoxy) is 1. The lowest BCUT2D eigenvalue weighted by molar-refractivity contribution is -0.118. The lowest BCUT2D eigenvalue weighted by atomic mass is 10.1. The van der Waals surface area contributed by atoms with Crippen molar-refractivity contribution in [2.24, 2.45) is 0 Å². The summed E-state index contributed by atoms with van der Waals surface area (Å²) in [5.74, 6) is 0.187. The highest BCUT2D eigenvalue weighted by Gasteiger charge is 2.41. The van der Waals surface area contributed by atoms with Crippen LogP contribution in [0.1, 0.15) is 39.5 Å². The number of carbonyl (C=O) groups excluding carboxylic acids is 1. The molecular formula is C9H16O2. The van der Waals surface area contributed by atoms with Crippen molar-refractivity contribution in [1.82, 2.24) is 0 Å². The molecule has 0 N–H and O–H groups in total. The molecule has 2 heteroatoms. The fourth-order valence-corrected chi connectivity index (χ4v) is 1.32. The molecule has 64 valence electrons. The Balaban J connectivity index is 2.00. The average Bonchev–Trinajstić information content (AvgIpc) is 2.68. The maximum Gasteiger partial charge on any atom is 0.161 e. The van der Waals surface area contributed by atoms with Crippen LogP contribution in [0.3, 0.4) is 0 Å². The van der Waals surface area contributed by atoms with Crippen molar-refractivity contribution in [3.63, 3.8) is 0 Å². The van der Waals surface area contributed by atoms with Crippen LogP contribution in [0.15, 0.2) is 0 Å². The Labute approximate surface area is 67.9 Å². The lowest BCUT2D eigenvalue weighted by Crippen LogP contribution is -2.04. The molecule has 1 saturated heterocycles. The number of hydrogen-bond acceptors (Lipinski definition) is 2. The zero-order valence-electron chi connectivity index (χ0n) is 7.30. The summed E-state index contributed by atoms with van der Waals surface area (Å²) in [7, 11) is 0. The van der Waals surface area contributed by atoms with Gasteiger partial charge in [0, 0.05) is 0 Å². The first-order valence-corrected chi connectivity index (χ1v) is 4.41. The van der Waals surface area contributed by atoms with Crippen LogP contribution < -0.4 is 0 Å². The predicted molar refractivity (Wildman–Crippen MR) is 43.5 cm³/mol. The van der Waals surface area contributed by atoms with Crippen LogP contribution in [0.4, 0.5) is 0 Å². The third kappa shape index (κ3) is 2.62. The molecule has 0 unspecified atom stereocenters. The van der Waals surface area contributed by atoms with Gasteiger partial charge in [-0.05, 0) is 13.3 Å². The summed E-state index contributed by atoms with van der Waals surface area (Å²) in [4.78, 5) is 10.7. The third-order valence-electron chi connectivity index (χ3n) is 2.08. The summed E-state index contributed by atoms with van der Waals surface area (Å²) >= 11 is 0. The SMILES string of the molecule is CCCCC[C@@H]1O[C@H]1C(C)=O. The summed E-state index contributed by atoms with van der Waals surface area (Å²) in [6.07, 6.45) is 4.97. The molecule has 2 nitrogen and oxygen atoms in total. The van der Waals surface area contributed by atoms with Gasteiger partial charge in [0.25, 0.3) is 0 Å². The van der Waals surface area contributed by atoms with Crippen molar-refractivity contribution in [3.05, 3.63) is 0 Å². The molecule has 0 aliphatic carbocycles. The van der Waals surface area contributed by atoms with E-state index in [1.165, 1.54) is 19.3 Å². The third-order valence-corrected chi connectivity index (χ3v) is 2.08. The molecule has 0 aromatic rings. The minimum Gasteiger partial charge on any atom is -0.361 e. The Bertz CT molecular complexity index is 142. The normalized spacial score (nSPS) is 28.5. The molecule has 1 rings (SSSR count). The monoisotopic (exact) mass is 156 g/mol. The summed E-state index contributed by atoms with van der Waals surface area (Å²) in [5, 5.41) is 0. The molecule has 1 heterocycles. The van der Waals surface area contributed by atoms with E-state index in [0.29, 0.717) is 0 Å². The van der Waals surface area contributed by atoms with E-state index in [9.17, 15) is 4.79 Å². The van der Waals surface area contributed by atoms with Gasteiger partial charge < -0.3 is 4.74 Å². The van der Waals surface area contributed by atoms with Crippen LogP contribution in [0.25, 0.3) is 0 Å². The second-order valence-electron chi connectivity index (χ2n) is 3.20. The van der Waals surface area contributed by atoms with Gasteiger partial charge in [0.05, 0.1) is 6.10 Å². The van der Waals surface area contributed by atoms with Gasteiger partial charge in [-0.15, -0.1) is 0 Å². The van der Waals surface area contributed by atoms with Crippen LogP contribution >= 0.6 is 0 Å². The second kappa shape index (κ2) is 3.86. The Morgan fingerprint density at radius 1 is 1.45 bits per heavy atom. The Hall–Kier alpha value is -0.370. The molecule has 1 aliphatic heterocycles. The fraction of sp³-hybridized carbons (Fsp3) is 0.889. The fourth-order valence-electron chi connectivity index (χ4n) is 1.32. The highest BCUT2D eigenvalue weighted by molar-refractivity contribution is 5.83. The molecule has 0 saturated carbocycles. The largest absolute Gasteiger partial charge is 0.361 e.